The summed E-state index contributed by atoms with van der Waals surface area (Å²) in [6, 6.07) is 45.1. The van der Waals surface area contributed by atoms with Crippen LogP contribution in [0.25, 0.3) is 21.5 Å². The summed E-state index contributed by atoms with van der Waals surface area (Å²) >= 11 is 0. The summed E-state index contributed by atoms with van der Waals surface area (Å²) in [5.74, 6) is 6.80. The summed E-state index contributed by atoms with van der Waals surface area (Å²) in [4.78, 5) is 0. The van der Waals surface area contributed by atoms with E-state index in [2.05, 4.69) is 133 Å². The fourth-order valence-corrected chi connectivity index (χ4v) is 9.88. The Morgan fingerprint density at radius 3 is 0.826 bits per heavy atom. The van der Waals surface area contributed by atoms with Gasteiger partial charge in [0.25, 0.3) is 0 Å². The molecule has 0 fully saturated rings. The normalized spacial score (nSPS) is 20.1. The number of fused-ring (bicyclic) bond motifs is 2. The van der Waals surface area contributed by atoms with Crippen molar-refractivity contribution in [2.75, 3.05) is 0 Å². The molecule has 0 radical (unpaired) electrons. The van der Waals surface area contributed by atoms with E-state index in [9.17, 15) is 0 Å². The highest BCUT2D eigenvalue weighted by Crippen LogP contribution is 2.64. The summed E-state index contributed by atoms with van der Waals surface area (Å²) in [7, 11) is 0. The Kier molecular flexibility index (Phi) is 4.50. The maximum atomic E-state index is 6.71. The van der Waals surface area contributed by atoms with E-state index in [0.717, 1.165) is 11.1 Å². The SMILES string of the molecule is C#Cc1c2c(c(C#C)c3c1C1c4cc5ccccc5cc4C3c3cc4ccccc4cc31)C1c3ccccc3C2c2ccccc21. The van der Waals surface area contributed by atoms with Crippen molar-refractivity contribution in [2.45, 2.75) is 23.7 Å². The van der Waals surface area contributed by atoms with Gasteiger partial charge >= 0.3 is 0 Å². The summed E-state index contributed by atoms with van der Waals surface area (Å²) in [5.41, 5.74) is 18.0. The predicted molar refractivity (Wildman–Crippen MR) is 187 cm³/mol. The van der Waals surface area contributed by atoms with E-state index in [1.807, 2.05) is 0 Å². The average Bonchev–Trinajstić information content (AvgIpc) is 3.11. The fourth-order valence-electron chi connectivity index (χ4n) is 9.88. The van der Waals surface area contributed by atoms with Crippen LogP contribution in [-0.2, 0) is 0 Å². The van der Waals surface area contributed by atoms with Crippen molar-refractivity contribution in [3.8, 4) is 24.7 Å². The zero-order valence-electron chi connectivity index (χ0n) is 25.0. The van der Waals surface area contributed by atoms with Gasteiger partial charge in [0.05, 0.1) is 0 Å². The lowest BCUT2D eigenvalue weighted by atomic mass is 9.53. The molecule has 0 atom stereocenters. The van der Waals surface area contributed by atoms with E-state index in [4.69, 9.17) is 12.8 Å². The van der Waals surface area contributed by atoms with Gasteiger partial charge < -0.3 is 0 Å². The third-order valence-electron chi connectivity index (χ3n) is 11.5. The van der Waals surface area contributed by atoms with E-state index in [1.165, 1.54) is 88.3 Å². The van der Waals surface area contributed by atoms with E-state index in [0.29, 0.717) is 0 Å². The second-order valence-corrected chi connectivity index (χ2v) is 13.3. The quantitative estimate of drug-likeness (QED) is 0.157. The standard InChI is InChI=1S/C46H26/c1-3-29-43-39-31-17-9-11-19-33(31)40(34-20-12-10-18-32(34)39)44(43)30(4-2)46-42-37-23-27-15-7-5-13-25(27)21-35(37)41(45(29)46)36-22-26-14-6-8-16-28(26)24-38(36)42/h1-2,5-24,39-42H. The molecule has 13 rings (SSSR count). The molecule has 0 saturated carbocycles. The van der Waals surface area contributed by atoms with Crippen LogP contribution in [0.5, 0.6) is 0 Å². The molecule has 6 aliphatic rings. The highest BCUT2D eigenvalue weighted by atomic mass is 14.5. The maximum Gasteiger partial charge on any atom is 0.0362 e. The average molecular weight is 579 g/mol. The van der Waals surface area contributed by atoms with E-state index in [-0.39, 0.29) is 23.7 Å². The van der Waals surface area contributed by atoms with Gasteiger partial charge in [0.2, 0.25) is 0 Å². The van der Waals surface area contributed by atoms with Crippen molar-refractivity contribution in [3.05, 3.63) is 199 Å². The van der Waals surface area contributed by atoms with Crippen LogP contribution in [0.4, 0.5) is 0 Å². The van der Waals surface area contributed by atoms with E-state index < -0.39 is 0 Å². The van der Waals surface area contributed by atoms with Crippen LogP contribution in [0.3, 0.4) is 0 Å². The molecule has 0 heterocycles. The van der Waals surface area contributed by atoms with Gasteiger partial charge in [-0.25, -0.2) is 0 Å². The van der Waals surface area contributed by atoms with Crippen LogP contribution in [0, 0.1) is 24.7 Å². The molecule has 46 heavy (non-hydrogen) atoms. The number of hydrogen-bond acceptors (Lipinski definition) is 0. The molecule has 4 bridgehead atoms. The highest BCUT2D eigenvalue weighted by Gasteiger charge is 2.50. The molecule has 7 aromatic rings. The van der Waals surface area contributed by atoms with Crippen molar-refractivity contribution in [3.63, 3.8) is 0 Å². The number of hydrogen-bond donors (Lipinski definition) is 0. The van der Waals surface area contributed by atoms with Crippen LogP contribution in [0.1, 0.15) is 102 Å². The topological polar surface area (TPSA) is 0 Å². The molecule has 6 aliphatic carbocycles. The molecule has 0 N–H and O–H groups in total. The fraction of sp³-hybridized carbons (Fsp3) is 0.0870. The zero-order chi connectivity index (χ0) is 30.3. The molecule has 0 aromatic heterocycles. The first kappa shape index (κ1) is 24.5. The van der Waals surface area contributed by atoms with E-state index >= 15 is 0 Å². The van der Waals surface area contributed by atoms with Crippen LogP contribution in [0.2, 0.25) is 0 Å². The first-order valence-corrected chi connectivity index (χ1v) is 16.2. The third-order valence-corrected chi connectivity index (χ3v) is 11.5. The Morgan fingerprint density at radius 2 is 0.565 bits per heavy atom. The molecular formula is C46H26. The van der Waals surface area contributed by atoms with Gasteiger partial charge in [0, 0.05) is 34.8 Å². The minimum Gasteiger partial charge on any atom is -0.115 e. The van der Waals surface area contributed by atoms with Crippen molar-refractivity contribution in [1.82, 2.24) is 0 Å². The van der Waals surface area contributed by atoms with Gasteiger partial charge in [0.1, 0.15) is 0 Å². The van der Waals surface area contributed by atoms with Gasteiger partial charge in [-0.3, -0.25) is 0 Å². The van der Waals surface area contributed by atoms with Crippen molar-refractivity contribution < 1.29 is 0 Å². The summed E-state index contributed by atoms with van der Waals surface area (Å²) in [6.45, 7) is 0. The molecule has 0 amide bonds. The van der Waals surface area contributed by atoms with Crippen molar-refractivity contribution in [1.29, 1.82) is 0 Å². The Hall–Kier alpha value is -5.82. The first-order valence-electron chi connectivity index (χ1n) is 16.2. The maximum absolute atomic E-state index is 6.71. The van der Waals surface area contributed by atoms with Crippen LogP contribution >= 0.6 is 0 Å². The van der Waals surface area contributed by atoms with Gasteiger partial charge in [-0.15, -0.1) is 12.8 Å². The number of benzene rings is 7. The van der Waals surface area contributed by atoms with Crippen molar-refractivity contribution >= 4 is 21.5 Å². The molecule has 7 aromatic carbocycles. The lowest BCUT2D eigenvalue weighted by molar-refractivity contribution is 0.711. The van der Waals surface area contributed by atoms with Crippen LogP contribution in [-0.4, -0.2) is 0 Å². The monoisotopic (exact) mass is 578 g/mol. The first-order chi connectivity index (χ1) is 22.8. The molecule has 0 unspecified atom stereocenters. The van der Waals surface area contributed by atoms with Crippen LogP contribution in [0.15, 0.2) is 121 Å². The highest BCUT2D eigenvalue weighted by molar-refractivity contribution is 5.92. The molecule has 210 valence electrons. The second kappa shape index (κ2) is 8.46. The van der Waals surface area contributed by atoms with Gasteiger partial charge in [-0.1, -0.05) is 109 Å². The molecular weight excluding hydrogens is 553 g/mol. The minimum atomic E-state index is 0.00797. The Balaban J connectivity index is 1.32. The van der Waals surface area contributed by atoms with Gasteiger partial charge in [-0.2, -0.15) is 0 Å². The molecule has 0 heteroatoms. The smallest absolute Gasteiger partial charge is 0.0362 e. The Bertz CT molecular complexity index is 2320. The second-order valence-electron chi connectivity index (χ2n) is 13.3. The number of rotatable bonds is 0. The lowest BCUT2D eigenvalue weighted by Gasteiger charge is -2.49. The molecule has 0 nitrogen and oxygen atoms in total. The summed E-state index contributed by atoms with van der Waals surface area (Å²) in [6.07, 6.45) is 13.4. The van der Waals surface area contributed by atoms with E-state index in [1.54, 1.807) is 0 Å². The molecule has 0 saturated heterocycles. The van der Waals surface area contributed by atoms with Crippen LogP contribution < -0.4 is 0 Å². The lowest BCUT2D eigenvalue weighted by Crippen LogP contribution is -2.35. The number of terminal acetylenes is 2. The predicted octanol–water partition coefficient (Wildman–Crippen LogP) is 9.93. The molecule has 0 spiro atoms. The summed E-state index contributed by atoms with van der Waals surface area (Å²) in [5, 5.41) is 5.04. The van der Waals surface area contributed by atoms with Crippen molar-refractivity contribution in [2.24, 2.45) is 0 Å². The summed E-state index contributed by atoms with van der Waals surface area (Å²) < 4.78 is 0. The van der Waals surface area contributed by atoms with Gasteiger partial charge in [0.15, 0.2) is 0 Å². The third kappa shape index (κ3) is 2.76. The molecule has 0 aliphatic heterocycles. The Morgan fingerprint density at radius 1 is 0.326 bits per heavy atom. The van der Waals surface area contributed by atoms with Gasteiger partial charge in [-0.05, 0) is 113 Å². The Labute approximate surface area is 268 Å². The zero-order valence-corrected chi connectivity index (χ0v) is 25.0. The minimum absolute atomic E-state index is 0.00797. The largest absolute Gasteiger partial charge is 0.115 e.